The van der Waals surface area contributed by atoms with Crippen molar-refractivity contribution in [1.82, 2.24) is 14.8 Å². The van der Waals surface area contributed by atoms with Gasteiger partial charge in [0.15, 0.2) is 5.82 Å². The Hall–Kier alpha value is -1.60. The largest absolute Gasteiger partial charge is 0.485 e. The van der Waals surface area contributed by atoms with Crippen LogP contribution in [-0.2, 0) is 22.7 Å². The molecule has 0 fully saturated rings. The first-order valence-corrected chi connectivity index (χ1v) is 8.11. The Labute approximate surface area is 121 Å². The summed E-state index contributed by atoms with van der Waals surface area (Å²) in [5.74, 6) is 1.30. The molecule has 1 heterocycles. The van der Waals surface area contributed by atoms with E-state index in [4.69, 9.17) is 15.4 Å². The smallest absolute Gasteiger partial charge is 0.261 e. The second-order valence-electron chi connectivity index (χ2n) is 4.41. The van der Waals surface area contributed by atoms with Gasteiger partial charge in [-0.25, -0.2) is 13.4 Å². The summed E-state index contributed by atoms with van der Waals surface area (Å²) in [6.07, 6.45) is 1.45. The van der Waals surface area contributed by atoms with Gasteiger partial charge in [-0.2, -0.15) is 5.10 Å². The summed E-state index contributed by atoms with van der Waals surface area (Å²) in [5.41, 5.74) is 1.40. The predicted octanol–water partition coefficient (Wildman–Crippen LogP) is 1.94. The zero-order chi connectivity index (χ0) is 14.9. The first-order valence-electron chi connectivity index (χ1n) is 5.80. The summed E-state index contributed by atoms with van der Waals surface area (Å²) < 4.78 is 30.0. The molecule has 0 unspecified atom stereocenters. The molecule has 0 atom stereocenters. The van der Waals surface area contributed by atoms with Gasteiger partial charge in [-0.15, -0.1) is 0 Å². The van der Waals surface area contributed by atoms with Gasteiger partial charge in [0.1, 0.15) is 18.7 Å². The summed E-state index contributed by atoms with van der Waals surface area (Å²) in [5, 5.41) is 3.95. The number of nitrogens with zero attached hydrogens (tertiary/aromatic N) is 3. The molecule has 0 aliphatic rings. The second-order valence-corrected chi connectivity index (χ2v) is 6.98. The quantitative estimate of drug-likeness (QED) is 0.806. The van der Waals surface area contributed by atoms with Crippen molar-refractivity contribution in [3.05, 3.63) is 35.4 Å². The number of hydrogen-bond acceptors (Lipinski definition) is 5. The lowest BCUT2D eigenvalue weighted by Crippen LogP contribution is -2.06. The number of halogens is 1. The lowest BCUT2D eigenvalue weighted by atomic mass is 10.1. The van der Waals surface area contributed by atoms with Gasteiger partial charge in [0.05, 0.1) is 4.90 Å². The summed E-state index contributed by atoms with van der Waals surface area (Å²) in [6.45, 7) is 3.79. The highest BCUT2D eigenvalue weighted by atomic mass is 35.7. The average molecular weight is 316 g/mol. The molecule has 1 aromatic heterocycles. The Kier molecular flexibility index (Phi) is 4.01. The molecule has 0 spiro atoms. The predicted molar refractivity (Wildman–Crippen MR) is 74.3 cm³/mol. The van der Waals surface area contributed by atoms with Gasteiger partial charge in [0, 0.05) is 17.7 Å². The van der Waals surface area contributed by atoms with Gasteiger partial charge in [0.2, 0.25) is 0 Å². The van der Waals surface area contributed by atoms with Crippen molar-refractivity contribution in [3.8, 4) is 5.75 Å². The molecule has 8 heteroatoms. The standard InChI is InChI=1S/C12H14ClN3O3S/c1-8-4-10(20(13,17)18)5-9(2)12(8)19-6-11-14-7-15-16(11)3/h4-5,7H,6H2,1-3H3. The van der Waals surface area contributed by atoms with E-state index in [2.05, 4.69) is 10.1 Å². The zero-order valence-corrected chi connectivity index (χ0v) is 12.9. The lowest BCUT2D eigenvalue weighted by molar-refractivity contribution is 0.285. The third-order valence-electron chi connectivity index (χ3n) is 2.87. The fourth-order valence-corrected chi connectivity index (χ4v) is 2.77. The van der Waals surface area contributed by atoms with Gasteiger partial charge < -0.3 is 4.74 Å². The molecule has 0 radical (unpaired) electrons. The Balaban J connectivity index is 2.27. The first-order chi connectivity index (χ1) is 9.29. The van der Waals surface area contributed by atoms with Crippen LogP contribution in [0.5, 0.6) is 5.75 Å². The van der Waals surface area contributed by atoms with Crippen molar-refractivity contribution in [3.63, 3.8) is 0 Å². The minimum absolute atomic E-state index is 0.0696. The van der Waals surface area contributed by atoms with E-state index in [0.29, 0.717) is 22.7 Å². The highest BCUT2D eigenvalue weighted by Crippen LogP contribution is 2.28. The Morgan fingerprint density at radius 2 is 1.90 bits per heavy atom. The monoisotopic (exact) mass is 315 g/mol. The molecule has 0 aliphatic carbocycles. The van der Waals surface area contributed by atoms with Crippen LogP contribution in [0.1, 0.15) is 17.0 Å². The fourth-order valence-electron chi connectivity index (χ4n) is 1.87. The number of aryl methyl sites for hydroxylation is 3. The van der Waals surface area contributed by atoms with Crippen molar-refractivity contribution in [2.75, 3.05) is 0 Å². The Morgan fingerprint density at radius 1 is 1.30 bits per heavy atom. The van der Waals surface area contributed by atoms with E-state index < -0.39 is 9.05 Å². The maximum atomic E-state index is 11.3. The molecule has 0 N–H and O–H groups in total. The first kappa shape index (κ1) is 14.8. The van der Waals surface area contributed by atoms with Gasteiger partial charge in [-0.3, -0.25) is 4.68 Å². The number of benzene rings is 1. The number of rotatable bonds is 4. The Morgan fingerprint density at radius 3 is 2.35 bits per heavy atom. The number of aromatic nitrogens is 3. The molecule has 6 nitrogen and oxygen atoms in total. The van der Waals surface area contributed by atoms with Crippen LogP contribution in [0.2, 0.25) is 0 Å². The maximum Gasteiger partial charge on any atom is 0.261 e. The van der Waals surface area contributed by atoms with E-state index >= 15 is 0 Å². The van der Waals surface area contributed by atoms with Gasteiger partial charge in [-0.05, 0) is 37.1 Å². The van der Waals surface area contributed by atoms with Crippen LogP contribution in [0.15, 0.2) is 23.4 Å². The second kappa shape index (κ2) is 5.41. The van der Waals surface area contributed by atoms with Crippen LogP contribution >= 0.6 is 10.7 Å². The van der Waals surface area contributed by atoms with Crippen molar-refractivity contribution >= 4 is 19.7 Å². The van der Waals surface area contributed by atoms with Gasteiger partial charge in [0.25, 0.3) is 9.05 Å². The fraction of sp³-hybridized carbons (Fsp3) is 0.333. The third kappa shape index (κ3) is 3.10. The normalized spacial score (nSPS) is 11.6. The molecule has 0 amide bonds. The van der Waals surface area contributed by atoms with E-state index in [1.54, 1.807) is 25.6 Å². The molecule has 0 saturated heterocycles. The molecule has 20 heavy (non-hydrogen) atoms. The maximum absolute atomic E-state index is 11.3. The van der Waals surface area contributed by atoms with Gasteiger partial charge in [-0.1, -0.05) is 0 Å². The number of ether oxygens (including phenoxy) is 1. The summed E-state index contributed by atoms with van der Waals surface area (Å²) in [4.78, 5) is 4.13. The third-order valence-corrected chi connectivity index (χ3v) is 4.20. The van der Waals surface area contributed by atoms with Crippen LogP contribution in [0.4, 0.5) is 0 Å². The highest BCUT2D eigenvalue weighted by Gasteiger charge is 2.15. The topological polar surface area (TPSA) is 74.1 Å². The molecular formula is C12H14ClN3O3S. The summed E-state index contributed by atoms with van der Waals surface area (Å²) in [6, 6.07) is 2.97. The summed E-state index contributed by atoms with van der Waals surface area (Å²) >= 11 is 0. The average Bonchev–Trinajstić information content (AvgIpc) is 2.72. The lowest BCUT2D eigenvalue weighted by Gasteiger charge is -2.12. The van der Waals surface area contributed by atoms with E-state index in [9.17, 15) is 8.42 Å². The number of hydrogen-bond donors (Lipinski definition) is 0. The summed E-state index contributed by atoms with van der Waals surface area (Å²) in [7, 11) is 3.38. The molecule has 108 valence electrons. The van der Waals surface area contributed by atoms with Crippen LogP contribution < -0.4 is 4.74 Å². The van der Waals surface area contributed by atoms with Crippen LogP contribution in [0.25, 0.3) is 0 Å². The SMILES string of the molecule is Cc1cc(S(=O)(=O)Cl)cc(C)c1OCc1ncnn1C. The van der Waals surface area contributed by atoms with Gasteiger partial charge >= 0.3 is 0 Å². The zero-order valence-electron chi connectivity index (χ0n) is 11.3. The molecule has 2 aromatic rings. The highest BCUT2D eigenvalue weighted by molar-refractivity contribution is 8.13. The van der Waals surface area contributed by atoms with Crippen molar-refractivity contribution in [2.45, 2.75) is 25.3 Å². The van der Waals surface area contributed by atoms with Crippen molar-refractivity contribution in [1.29, 1.82) is 0 Å². The van der Waals surface area contributed by atoms with E-state index in [1.165, 1.54) is 18.5 Å². The van der Waals surface area contributed by atoms with E-state index in [-0.39, 0.29) is 11.5 Å². The van der Waals surface area contributed by atoms with Crippen LogP contribution in [-0.4, -0.2) is 23.2 Å². The minimum Gasteiger partial charge on any atom is -0.485 e. The molecule has 1 aromatic carbocycles. The van der Waals surface area contributed by atoms with Crippen molar-refractivity contribution < 1.29 is 13.2 Å². The molecular weight excluding hydrogens is 302 g/mol. The molecule has 2 rings (SSSR count). The Bertz CT molecular complexity index is 717. The van der Waals surface area contributed by atoms with E-state index in [0.717, 1.165) is 0 Å². The molecule has 0 saturated carbocycles. The molecule has 0 bridgehead atoms. The van der Waals surface area contributed by atoms with Crippen LogP contribution in [0.3, 0.4) is 0 Å². The van der Waals surface area contributed by atoms with Crippen LogP contribution in [0, 0.1) is 13.8 Å². The van der Waals surface area contributed by atoms with E-state index in [1.807, 2.05) is 0 Å². The van der Waals surface area contributed by atoms with Crippen molar-refractivity contribution in [2.24, 2.45) is 7.05 Å². The minimum atomic E-state index is -3.74. The molecule has 0 aliphatic heterocycles.